The molecule has 2 N–H and O–H groups in total. The number of nitrogens with two attached hydrogens (primary N) is 1. The average molecular weight is 565 g/mol. The third-order valence-corrected chi connectivity index (χ3v) is 9.07. The molecule has 0 spiro atoms. The van der Waals surface area contributed by atoms with Crippen LogP contribution >= 0.6 is 11.8 Å². The Morgan fingerprint density at radius 2 is 1.76 bits per heavy atom. The van der Waals surface area contributed by atoms with Crippen molar-refractivity contribution in [2.24, 2.45) is 5.73 Å². The van der Waals surface area contributed by atoms with Gasteiger partial charge in [-0.25, -0.2) is 0 Å². The molecule has 41 heavy (non-hydrogen) atoms. The maximum Gasteiger partial charge on any atom is 0.271 e. The number of hydrogen-bond acceptors (Lipinski definition) is 7. The summed E-state index contributed by atoms with van der Waals surface area (Å²) >= 11 is 1.75. The number of ketones is 1. The van der Waals surface area contributed by atoms with E-state index in [-0.39, 0.29) is 22.9 Å². The number of nitrogens with zero attached hydrogens (tertiary/aromatic N) is 3. The molecule has 8 heteroatoms. The number of aryl methyl sites for hydroxylation is 4. The van der Waals surface area contributed by atoms with Gasteiger partial charge in [0.1, 0.15) is 5.82 Å². The first kappa shape index (κ1) is 28.2. The second-order valence-corrected chi connectivity index (χ2v) is 11.8. The van der Waals surface area contributed by atoms with Crippen LogP contribution in [-0.4, -0.2) is 10.7 Å². The maximum atomic E-state index is 13.6. The Hall–Kier alpha value is -4.35. The number of anilines is 1. The quantitative estimate of drug-likeness (QED) is 0.188. The Kier molecular flexibility index (Phi) is 7.74. The molecule has 0 radical (unpaired) electrons. The summed E-state index contributed by atoms with van der Waals surface area (Å²) in [5.74, 6) is 0.349. The van der Waals surface area contributed by atoms with Crippen LogP contribution in [0, 0.1) is 49.1 Å². The largest absolute Gasteiger partial charge is 0.384 e. The number of nitriles is 1. The topological polar surface area (TPSA) is 113 Å². The fourth-order valence-electron chi connectivity index (χ4n) is 5.80. The highest BCUT2D eigenvalue weighted by Crippen LogP contribution is 2.48. The molecule has 2 aliphatic rings. The number of carbonyl (C=O) groups is 1. The van der Waals surface area contributed by atoms with Crippen LogP contribution in [0.2, 0.25) is 0 Å². The smallest absolute Gasteiger partial charge is 0.271 e. The fourth-order valence-corrected chi connectivity index (χ4v) is 6.76. The van der Waals surface area contributed by atoms with Crippen molar-refractivity contribution >= 4 is 28.9 Å². The number of thioether (sulfide) groups is 1. The lowest BCUT2D eigenvalue weighted by Crippen LogP contribution is -2.39. The number of nitro groups is 1. The summed E-state index contributed by atoms with van der Waals surface area (Å²) in [4.78, 5) is 27.7. The van der Waals surface area contributed by atoms with Gasteiger partial charge in [-0.1, -0.05) is 35.9 Å². The van der Waals surface area contributed by atoms with E-state index in [1.807, 2.05) is 13.8 Å². The van der Waals surface area contributed by atoms with Crippen molar-refractivity contribution in [1.82, 2.24) is 0 Å². The molecule has 208 valence electrons. The monoisotopic (exact) mass is 564 g/mol. The number of rotatable bonds is 6. The molecule has 1 aliphatic carbocycles. The molecule has 3 aromatic carbocycles. The molecule has 3 aromatic rings. The minimum atomic E-state index is -0.596. The van der Waals surface area contributed by atoms with E-state index in [0.717, 1.165) is 39.3 Å². The van der Waals surface area contributed by atoms with Gasteiger partial charge in [-0.2, -0.15) is 5.26 Å². The predicted octanol–water partition coefficient (Wildman–Crippen LogP) is 7.43. The van der Waals surface area contributed by atoms with Gasteiger partial charge >= 0.3 is 0 Å². The van der Waals surface area contributed by atoms with Gasteiger partial charge in [0.15, 0.2) is 5.78 Å². The standard InChI is InChI=1S/C33H32N4O3S/c1-19-8-12-25(13-9-19)41-18-23-15-26(22(4)14-21(23)3)31-27(17-34)33(35)36(28-6-5-7-30(38)32(28)31)29-16-24(37(39)40)11-10-20(29)2/h8-16,31H,5-7,18,35H2,1-4H3. The molecule has 0 saturated carbocycles. The van der Waals surface area contributed by atoms with E-state index in [9.17, 15) is 20.2 Å². The molecular formula is C33H32N4O3S. The van der Waals surface area contributed by atoms with Crippen LogP contribution in [0.5, 0.6) is 0 Å². The Balaban J connectivity index is 1.65. The highest BCUT2D eigenvalue weighted by Gasteiger charge is 2.41. The van der Waals surface area contributed by atoms with E-state index in [2.05, 4.69) is 56.3 Å². The van der Waals surface area contributed by atoms with Crippen molar-refractivity contribution in [3.05, 3.63) is 121 Å². The number of carbonyl (C=O) groups excluding carboxylic acids is 1. The third kappa shape index (κ3) is 5.25. The Morgan fingerprint density at radius 3 is 2.44 bits per heavy atom. The molecule has 1 heterocycles. The van der Waals surface area contributed by atoms with Crippen LogP contribution in [0.25, 0.3) is 0 Å². The van der Waals surface area contributed by atoms with Gasteiger partial charge in [0, 0.05) is 40.5 Å². The molecule has 1 aliphatic heterocycles. The highest BCUT2D eigenvalue weighted by atomic mass is 32.2. The van der Waals surface area contributed by atoms with Gasteiger partial charge in [-0.3, -0.25) is 19.8 Å². The second kappa shape index (κ2) is 11.3. The number of allylic oxidation sites excluding steroid dienone is 3. The van der Waals surface area contributed by atoms with E-state index in [1.54, 1.807) is 22.7 Å². The summed E-state index contributed by atoms with van der Waals surface area (Å²) in [6.07, 6.45) is 1.62. The van der Waals surface area contributed by atoms with Crippen LogP contribution in [0.15, 0.2) is 82.2 Å². The Morgan fingerprint density at radius 1 is 1.02 bits per heavy atom. The molecule has 7 nitrogen and oxygen atoms in total. The number of nitro benzene ring substituents is 1. The maximum absolute atomic E-state index is 13.6. The first-order valence-corrected chi connectivity index (χ1v) is 14.6. The van der Waals surface area contributed by atoms with Gasteiger partial charge in [0.25, 0.3) is 5.69 Å². The third-order valence-electron chi connectivity index (χ3n) is 8.01. The number of benzene rings is 3. The van der Waals surface area contributed by atoms with Crippen molar-refractivity contribution in [3.8, 4) is 6.07 Å². The fraction of sp³-hybridized carbons (Fsp3) is 0.273. The zero-order chi connectivity index (χ0) is 29.4. The van der Waals surface area contributed by atoms with Gasteiger partial charge in [0.2, 0.25) is 0 Å². The number of Topliss-reactive ketones (excluding diaryl/α,β-unsaturated/α-hetero) is 1. The van der Waals surface area contributed by atoms with Gasteiger partial charge in [0.05, 0.1) is 28.2 Å². The Bertz CT molecular complexity index is 1680. The number of non-ortho nitro benzene ring substituents is 1. The summed E-state index contributed by atoms with van der Waals surface area (Å²) in [6, 6.07) is 19.6. The molecule has 5 rings (SSSR count). The first-order chi connectivity index (χ1) is 19.6. The number of hydrogen-bond donors (Lipinski definition) is 1. The lowest BCUT2D eigenvalue weighted by atomic mass is 9.74. The SMILES string of the molecule is Cc1ccc(SCc2cc(C3C(C#N)=C(N)N(c4cc([N+](=O)[O-])ccc4C)C4=C3C(=O)CCC4)c(C)cc2C)cc1. The van der Waals surface area contributed by atoms with E-state index < -0.39 is 10.8 Å². The molecule has 0 fully saturated rings. The second-order valence-electron chi connectivity index (χ2n) is 10.8. The van der Waals surface area contributed by atoms with E-state index in [4.69, 9.17) is 5.73 Å². The van der Waals surface area contributed by atoms with Crippen LogP contribution < -0.4 is 10.6 Å². The molecule has 1 atom stereocenters. The molecular weight excluding hydrogens is 532 g/mol. The molecule has 0 saturated heterocycles. The van der Waals surface area contributed by atoms with Gasteiger partial charge in [-0.05, 0) is 80.5 Å². The Labute approximate surface area is 244 Å². The lowest BCUT2D eigenvalue weighted by molar-refractivity contribution is -0.384. The first-order valence-electron chi connectivity index (χ1n) is 13.6. The van der Waals surface area contributed by atoms with Crippen molar-refractivity contribution in [1.29, 1.82) is 5.26 Å². The summed E-state index contributed by atoms with van der Waals surface area (Å²) < 4.78 is 0. The van der Waals surface area contributed by atoms with Gasteiger partial charge in [-0.15, -0.1) is 11.8 Å². The summed E-state index contributed by atoms with van der Waals surface area (Å²) in [7, 11) is 0. The molecule has 0 bridgehead atoms. The van der Waals surface area contributed by atoms with E-state index >= 15 is 0 Å². The van der Waals surface area contributed by atoms with Crippen molar-refractivity contribution in [2.75, 3.05) is 4.90 Å². The summed E-state index contributed by atoms with van der Waals surface area (Å²) in [6.45, 7) is 8.01. The molecule has 1 unspecified atom stereocenters. The van der Waals surface area contributed by atoms with Crippen LogP contribution in [-0.2, 0) is 10.5 Å². The predicted molar refractivity (Wildman–Crippen MR) is 162 cm³/mol. The normalized spacial score (nSPS) is 17.0. The van der Waals surface area contributed by atoms with E-state index in [1.165, 1.54) is 22.6 Å². The average Bonchev–Trinajstić information content (AvgIpc) is 2.94. The minimum absolute atomic E-state index is 0.0138. The zero-order valence-corrected chi connectivity index (χ0v) is 24.5. The molecule has 0 aromatic heterocycles. The lowest BCUT2D eigenvalue weighted by Gasteiger charge is -2.40. The summed E-state index contributed by atoms with van der Waals surface area (Å²) in [5, 5.41) is 22.1. The van der Waals surface area contributed by atoms with Crippen molar-refractivity contribution in [2.45, 2.75) is 63.5 Å². The van der Waals surface area contributed by atoms with Crippen LogP contribution in [0.3, 0.4) is 0 Å². The highest BCUT2D eigenvalue weighted by molar-refractivity contribution is 7.98. The summed E-state index contributed by atoms with van der Waals surface area (Å²) in [5.41, 5.74) is 14.9. The van der Waals surface area contributed by atoms with Crippen LogP contribution in [0.4, 0.5) is 11.4 Å². The van der Waals surface area contributed by atoms with Crippen molar-refractivity contribution in [3.63, 3.8) is 0 Å². The van der Waals surface area contributed by atoms with Crippen LogP contribution in [0.1, 0.15) is 58.6 Å². The van der Waals surface area contributed by atoms with Crippen molar-refractivity contribution < 1.29 is 9.72 Å². The minimum Gasteiger partial charge on any atom is -0.384 e. The zero-order valence-electron chi connectivity index (χ0n) is 23.7. The van der Waals surface area contributed by atoms with E-state index in [0.29, 0.717) is 30.5 Å². The van der Waals surface area contributed by atoms with Gasteiger partial charge < -0.3 is 5.73 Å². The molecule has 0 amide bonds.